The number of hydrogen-bond acceptors (Lipinski definition) is 5. The second-order valence-electron chi connectivity index (χ2n) is 6.41. The molecular weight excluding hydrogens is 368 g/mol. The Kier molecular flexibility index (Phi) is 7.75. The molecule has 1 saturated heterocycles. The first kappa shape index (κ1) is 20.9. The third kappa shape index (κ3) is 5.77. The van der Waals surface area contributed by atoms with E-state index in [1.807, 2.05) is 12.1 Å². The molecule has 1 fully saturated rings. The van der Waals surface area contributed by atoms with E-state index in [0.29, 0.717) is 36.8 Å². The molecule has 0 radical (unpaired) electrons. The van der Waals surface area contributed by atoms with Gasteiger partial charge in [0, 0.05) is 24.2 Å². The number of nitrogens with one attached hydrogen (secondary N) is 2. The summed E-state index contributed by atoms with van der Waals surface area (Å²) in [6, 6.07) is 7.25. The van der Waals surface area contributed by atoms with Crippen molar-refractivity contribution in [3.05, 3.63) is 30.1 Å². The van der Waals surface area contributed by atoms with Crippen LogP contribution in [-0.4, -0.2) is 45.0 Å². The molecular formula is C18H25ClN6O2. The highest BCUT2D eigenvalue weighted by atomic mass is 35.5. The number of aromatic amines is 1. The maximum absolute atomic E-state index is 12.3. The number of anilines is 1. The van der Waals surface area contributed by atoms with E-state index >= 15 is 0 Å². The Balaban J connectivity index is 0.00000261. The molecule has 0 aliphatic carbocycles. The summed E-state index contributed by atoms with van der Waals surface area (Å²) in [5.41, 5.74) is 7.02. The SMILES string of the molecule is Cl.NCc1nc(-c2ccc(NC(=O)CN3CCCCCCC3=O)cc2)n[nH]1. The summed E-state index contributed by atoms with van der Waals surface area (Å²) >= 11 is 0. The number of carbonyl (C=O) groups is 2. The van der Waals surface area contributed by atoms with Crippen LogP contribution in [0.5, 0.6) is 0 Å². The quantitative estimate of drug-likeness (QED) is 0.720. The molecule has 4 N–H and O–H groups in total. The van der Waals surface area contributed by atoms with E-state index < -0.39 is 0 Å². The van der Waals surface area contributed by atoms with E-state index in [1.165, 1.54) is 0 Å². The minimum absolute atomic E-state index is 0. The predicted octanol–water partition coefficient (Wildman–Crippen LogP) is 2.08. The molecule has 1 aromatic carbocycles. The highest BCUT2D eigenvalue weighted by Gasteiger charge is 2.18. The van der Waals surface area contributed by atoms with Gasteiger partial charge in [0.15, 0.2) is 5.82 Å². The van der Waals surface area contributed by atoms with Gasteiger partial charge in [0.1, 0.15) is 5.82 Å². The molecule has 0 unspecified atom stereocenters. The van der Waals surface area contributed by atoms with E-state index in [-0.39, 0.29) is 30.8 Å². The molecule has 8 nitrogen and oxygen atoms in total. The molecule has 0 saturated carbocycles. The van der Waals surface area contributed by atoms with Crippen molar-refractivity contribution in [2.45, 2.75) is 38.6 Å². The van der Waals surface area contributed by atoms with Crippen LogP contribution in [0.25, 0.3) is 11.4 Å². The summed E-state index contributed by atoms with van der Waals surface area (Å²) in [7, 11) is 0. The lowest BCUT2D eigenvalue weighted by atomic mass is 10.1. The van der Waals surface area contributed by atoms with Gasteiger partial charge < -0.3 is 16.0 Å². The molecule has 146 valence electrons. The Hall–Kier alpha value is -2.45. The van der Waals surface area contributed by atoms with E-state index in [1.54, 1.807) is 17.0 Å². The molecule has 2 heterocycles. The third-order valence-corrected chi connectivity index (χ3v) is 4.41. The molecule has 0 bridgehead atoms. The number of nitrogens with zero attached hydrogens (tertiary/aromatic N) is 3. The van der Waals surface area contributed by atoms with Crippen LogP contribution in [0.2, 0.25) is 0 Å². The van der Waals surface area contributed by atoms with Crippen molar-refractivity contribution >= 4 is 29.9 Å². The van der Waals surface area contributed by atoms with Crippen molar-refractivity contribution in [3.63, 3.8) is 0 Å². The molecule has 0 atom stereocenters. The van der Waals surface area contributed by atoms with E-state index in [2.05, 4.69) is 20.5 Å². The van der Waals surface area contributed by atoms with Crippen molar-refractivity contribution in [2.75, 3.05) is 18.4 Å². The van der Waals surface area contributed by atoms with Crippen molar-refractivity contribution in [3.8, 4) is 11.4 Å². The van der Waals surface area contributed by atoms with Crippen molar-refractivity contribution in [1.82, 2.24) is 20.1 Å². The minimum Gasteiger partial charge on any atom is -0.333 e. The molecule has 2 aromatic rings. The largest absolute Gasteiger partial charge is 0.333 e. The van der Waals surface area contributed by atoms with Gasteiger partial charge in [-0.1, -0.05) is 12.8 Å². The van der Waals surface area contributed by atoms with Crippen LogP contribution in [-0.2, 0) is 16.1 Å². The molecule has 2 amide bonds. The lowest BCUT2D eigenvalue weighted by Crippen LogP contribution is -2.39. The summed E-state index contributed by atoms with van der Waals surface area (Å²) in [5.74, 6) is 1.07. The minimum atomic E-state index is -0.185. The van der Waals surface area contributed by atoms with Crippen LogP contribution in [0.4, 0.5) is 5.69 Å². The smallest absolute Gasteiger partial charge is 0.243 e. The van der Waals surface area contributed by atoms with Crippen LogP contribution in [0.3, 0.4) is 0 Å². The second-order valence-corrected chi connectivity index (χ2v) is 6.41. The van der Waals surface area contributed by atoms with Crippen molar-refractivity contribution in [1.29, 1.82) is 0 Å². The van der Waals surface area contributed by atoms with Gasteiger partial charge in [-0.15, -0.1) is 12.4 Å². The Labute approximate surface area is 164 Å². The zero-order chi connectivity index (χ0) is 18.4. The van der Waals surface area contributed by atoms with Gasteiger partial charge in [0.05, 0.1) is 13.1 Å². The van der Waals surface area contributed by atoms with Crippen LogP contribution in [0.1, 0.15) is 37.9 Å². The molecule has 3 rings (SSSR count). The van der Waals surface area contributed by atoms with Gasteiger partial charge in [-0.2, -0.15) is 5.10 Å². The maximum atomic E-state index is 12.3. The molecule has 0 spiro atoms. The normalized spacial score (nSPS) is 14.9. The maximum Gasteiger partial charge on any atom is 0.243 e. The lowest BCUT2D eigenvalue weighted by molar-refractivity contribution is -0.135. The Morgan fingerprint density at radius 3 is 2.63 bits per heavy atom. The van der Waals surface area contributed by atoms with Gasteiger partial charge >= 0.3 is 0 Å². The zero-order valence-electron chi connectivity index (χ0n) is 15.1. The number of hydrogen-bond donors (Lipinski definition) is 3. The monoisotopic (exact) mass is 392 g/mol. The van der Waals surface area contributed by atoms with Gasteiger partial charge in [-0.05, 0) is 37.1 Å². The van der Waals surface area contributed by atoms with E-state index in [4.69, 9.17) is 5.73 Å². The fourth-order valence-electron chi connectivity index (χ4n) is 2.97. The number of halogens is 1. The standard InChI is InChI=1S/C18H24N6O2.ClH/c19-11-15-21-18(23-22-15)13-6-8-14(9-7-13)20-16(25)12-24-10-4-2-1-3-5-17(24)26;/h6-9H,1-5,10-12,19H2,(H,20,25)(H,21,22,23);1H. The summed E-state index contributed by atoms with van der Waals surface area (Å²) in [5, 5.41) is 9.71. The number of H-pyrrole nitrogens is 1. The summed E-state index contributed by atoms with van der Waals surface area (Å²) < 4.78 is 0. The van der Waals surface area contributed by atoms with Crippen LogP contribution < -0.4 is 11.1 Å². The summed E-state index contributed by atoms with van der Waals surface area (Å²) in [6.07, 6.45) is 4.60. The topological polar surface area (TPSA) is 117 Å². The lowest BCUT2D eigenvalue weighted by Gasteiger charge is -2.24. The predicted molar refractivity (Wildman–Crippen MR) is 105 cm³/mol. The van der Waals surface area contributed by atoms with Gasteiger partial charge in [-0.3, -0.25) is 14.7 Å². The summed E-state index contributed by atoms with van der Waals surface area (Å²) in [6.45, 7) is 1.05. The number of amides is 2. The third-order valence-electron chi connectivity index (χ3n) is 4.41. The van der Waals surface area contributed by atoms with Crippen LogP contribution in [0, 0.1) is 0 Å². The first-order chi connectivity index (χ1) is 12.7. The second kappa shape index (κ2) is 10.0. The van der Waals surface area contributed by atoms with Gasteiger partial charge in [0.25, 0.3) is 0 Å². The molecule has 1 aliphatic rings. The average molecular weight is 393 g/mol. The molecule has 27 heavy (non-hydrogen) atoms. The molecule has 1 aromatic heterocycles. The molecule has 9 heteroatoms. The first-order valence-corrected chi connectivity index (χ1v) is 8.95. The van der Waals surface area contributed by atoms with E-state index in [0.717, 1.165) is 31.2 Å². The number of carbonyl (C=O) groups excluding carboxylic acids is 2. The van der Waals surface area contributed by atoms with Gasteiger partial charge in [-0.25, -0.2) is 4.98 Å². The Bertz CT molecular complexity index is 761. The Morgan fingerprint density at radius 1 is 1.19 bits per heavy atom. The van der Waals surface area contributed by atoms with Crippen LogP contribution >= 0.6 is 12.4 Å². The van der Waals surface area contributed by atoms with E-state index in [9.17, 15) is 9.59 Å². The average Bonchev–Trinajstić information content (AvgIpc) is 3.11. The van der Waals surface area contributed by atoms with Crippen molar-refractivity contribution < 1.29 is 9.59 Å². The Morgan fingerprint density at radius 2 is 1.93 bits per heavy atom. The van der Waals surface area contributed by atoms with Crippen LogP contribution in [0.15, 0.2) is 24.3 Å². The number of rotatable bonds is 5. The number of nitrogens with two attached hydrogens (primary N) is 1. The fourth-order valence-corrected chi connectivity index (χ4v) is 2.97. The summed E-state index contributed by atoms with van der Waals surface area (Å²) in [4.78, 5) is 30.3. The zero-order valence-corrected chi connectivity index (χ0v) is 15.9. The highest BCUT2D eigenvalue weighted by Crippen LogP contribution is 2.18. The number of benzene rings is 1. The highest BCUT2D eigenvalue weighted by molar-refractivity contribution is 5.94. The van der Waals surface area contributed by atoms with Crippen molar-refractivity contribution in [2.24, 2.45) is 5.73 Å². The number of likely N-dealkylation sites (tertiary alicyclic amines) is 1. The van der Waals surface area contributed by atoms with Gasteiger partial charge in [0.2, 0.25) is 11.8 Å². The first-order valence-electron chi connectivity index (χ1n) is 8.95. The fraction of sp³-hybridized carbons (Fsp3) is 0.444. The molecule has 1 aliphatic heterocycles. The number of aromatic nitrogens is 3.